The minimum absolute atomic E-state index is 0.379. The van der Waals surface area contributed by atoms with E-state index in [0.29, 0.717) is 12.1 Å². The van der Waals surface area contributed by atoms with Gasteiger partial charge in [0.15, 0.2) is 5.37 Å². The molecule has 6 heteroatoms. The Kier molecular flexibility index (Phi) is 2.91. The van der Waals surface area contributed by atoms with Crippen LogP contribution in [-0.2, 0) is 9.59 Å². The number of rotatable bonds is 3. The van der Waals surface area contributed by atoms with E-state index in [2.05, 4.69) is 5.32 Å². The molecular formula is C10H8N2O3S. The Morgan fingerprint density at radius 3 is 2.56 bits per heavy atom. The highest BCUT2D eigenvalue weighted by Gasteiger charge is 2.40. The largest absolute Gasteiger partial charge is 0.338 e. The molecule has 1 aromatic carbocycles. The number of nitrogens with zero attached hydrogens (tertiary/aromatic N) is 1. The molecule has 1 aromatic rings. The number of imide groups is 1. The number of anilines is 1. The van der Waals surface area contributed by atoms with Gasteiger partial charge in [-0.05, 0) is 23.9 Å². The van der Waals surface area contributed by atoms with Crippen LogP contribution in [-0.4, -0.2) is 22.9 Å². The maximum absolute atomic E-state index is 11.8. The van der Waals surface area contributed by atoms with E-state index in [-0.39, 0.29) is 5.24 Å². The van der Waals surface area contributed by atoms with Crippen molar-refractivity contribution >= 4 is 35.0 Å². The third-order valence-electron chi connectivity index (χ3n) is 2.08. The average Bonchev–Trinajstić information content (AvgIpc) is 2.56. The number of hydrogen-bond acceptors (Lipinski definition) is 4. The molecule has 1 saturated heterocycles. The number of thioether (sulfide) groups is 1. The Balaban J connectivity index is 2.26. The molecular weight excluding hydrogens is 228 g/mol. The first kappa shape index (κ1) is 10.7. The number of amides is 3. The topological polar surface area (TPSA) is 66.5 Å². The predicted octanol–water partition coefficient (Wildman–Crippen LogP) is 0.958. The molecule has 16 heavy (non-hydrogen) atoms. The second-order valence-corrected chi connectivity index (χ2v) is 4.11. The molecule has 1 atom stereocenters. The molecule has 0 radical (unpaired) electrons. The highest BCUT2D eigenvalue weighted by atomic mass is 32.2. The normalized spacial score (nSPS) is 20.0. The van der Waals surface area contributed by atoms with Crippen molar-refractivity contribution in [2.75, 3.05) is 4.90 Å². The van der Waals surface area contributed by atoms with E-state index in [1.165, 1.54) is 0 Å². The van der Waals surface area contributed by atoms with Crippen LogP contribution >= 0.6 is 11.8 Å². The predicted molar refractivity (Wildman–Crippen MR) is 59.9 cm³/mol. The van der Waals surface area contributed by atoms with E-state index in [4.69, 9.17) is 0 Å². The SMILES string of the molecule is O=CNC1SC(=O)N(c2ccccc2)C1=O. The lowest BCUT2D eigenvalue weighted by molar-refractivity contribution is -0.120. The Hall–Kier alpha value is -1.82. The zero-order valence-electron chi connectivity index (χ0n) is 8.12. The van der Waals surface area contributed by atoms with Crippen molar-refractivity contribution in [2.45, 2.75) is 5.37 Å². The molecule has 1 fully saturated rings. The van der Waals surface area contributed by atoms with Crippen LogP contribution < -0.4 is 10.2 Å². The maximum atomic E-state index is 11.8. The molecule has 3 amide bonds. The summed E-state index contributed by atoms with van der Waals surface area (Å²) < 4.78 is 0. The number of benzene rings is 1. The zero-order chi connectivity index (χ0) is 11.5. The molecule has 1 N–H and O–H groups in total. The van der Waals surface area contributed by atoms with Crippen LogP contribution in [0, 0.1) is 0 Å². The maximum Gasteiger partial charge on any atom is 0.295 e. The van der Waals surface area contributed by atoms with Gasteiger partial charge in [0.25, 0.3) is 11.1 Å². The van der Waals surface area contributed by atoms with Crippen molar-refractivity contribution in [3.63, 3.8) is 0 Å². The Labute approximate surface area is 95.8 Å². The minimum Gasteiger partial charge on any atom is -0.338 e. The first-order valence-corrected chi connectivity index (χ1v) is 5.41. The van der Waals surface area contributed by atoms with Crippen LogP contribution in [0.25, 0.3) is 0 Å². The second kappa shape index (κ2) is 4.36. The van der Waals surface area contributed by atoms with Gasteiger partial charge in [0.2, 0.25) is 6.41 Å². The summed E-state index contributed by atoms with van der Waals surface area (Å²) in [5.74, 6) is -0.423. The zero-order valence-corrected chi connectivity index (χ0v) is 8.94. The van der Waals surface area contributed by atoms with Gasteiger partial charge >= 0.3 is 0 Å². The first-order valence-electron chi connectivity index (χ1n) is 4.53. The van der Waals surface area contributed by atoms with Crippen molar-refractivity contribution in [2.24, 2.45) is 0 Å². The van der Waals surface area contributed by atoms with Gasteiger partial charge in [-0.25, -0.2) is 4.90 Å². The van der Waals surface area contributed by atoms with Gasteiger partial charge in [-0.1, -0.05) is 18.2 Å². The molecule has 1 aliphatic rings. The van der Waals surface area contributed by atoms with Crippen molar-refractivity contribution in [1.29, 1.82) is 0 Å². The molecule has 82 valence electrons. The van der Waals surface area contributed by atoms with Crippen LogP contribution in [0.1, 0.15) is 0 Å². The van der Waals surface area contributed by atoms with Crippen molar-refractivity contribution in [1.82, 2.24) is 5.32 Å². The van der Waals surface area contributed by atoms with E-state index in [0.717, 1.165) is 16.7 Å². The van der Waals surface area contributed by atoms with Crippen molar-refractivity contribution in [3.8, 4) is 0 Å². The molecule has 0 bridgehead atoms. The third-order valence-corrected chi connectivity index (χ3v) is 3.04. The number of carbonyl (C=O) groups excluding carboxylic acids is 3. The lowest BCUT2D eigenvalue weighted by Crippen LogP contribution is -2.37. The van der Waals surface area contributed by atoms with E-state index < -0.39 is 11.3 Å². The van der Waals surface area contributed by atoms with Gasteiger partial charge in [-0.3, -0.25) is 14.4 Å². The molecule has 1 unspecified atom stereocenters. The van der Waals surface area contributed by atoms with Crippen LogP contribution in [0.5, 0.6) is 0 Å². The van der Waals surface area contributed by atoms with E-state index in [9.17, 15) is 14.4 Å². The van der Waals surface area contributed by atoms with E-state index in [1.54, 1.807) is 30.3 Å². The van der Waals surface area contributed by atoms with E-state index in [1.807, 2.05) is 0 Å². The molecule has 1 aliphatic heterocycles. The average molecular weight is 236 g/mol. The van der Waals surface area contributed by atoms with Gasteiger partial charge in [0, 0.05) is 0 Å². The van der Waals surface area contributed by atoms with Crippen LogP contribution in [0.3, 0.4) is 0 Å². The quantitative estimate of drug-likeness (QED) is 0.794. The fourth-order valence-corrected chi connectivity index (χ4v) is 2.22. The summed E-state index contributed by atoms with van der Waals surface area (Å²) in [6.07, 6.45) is 0.414. The Bertz CT molecular complexity index is 435. The lowest BCUT2D eigenvalue weighted by atomic mass is 10.3. The molecule has 0 saturated carbocycles. The third kappa shape index (κ3) is 1.79. The standard InChI is InChI=1S/C10H8N2O3S/c13-6-11-8-9(14)12(10(15)16-8)7-4-2-1-3-5-7/h1-6,8H,(H,11,13). The Morgan fingerprint density at radius 1 is 1.25 bits per heavy atom. The fraction of sp³-hybridized carbons (Fsp3) is 0.100. The van der Waals surface area contributed by atoms with Crippen LogP contribution in [0.4, 0.5) is 10.5 Å². The van der Waals surface area contributed by atoms with Crippen LogP contribution in [0.15, 0.2) is 30.3 Å². The second-order valence-electron chi connectivity index (χ2n) is 3.06. The minimum atomic E-state index is -0.815. The molecule has 0 aliphatic carbocycles. The first-order chi connectivity index (χ1) is 7.74. The Morgan fingerprint density at radius 2 is 1.94 bits per heavy atom. The summed E-state index contributed by atoms with van der Waals surface area (Å²) in [5.41, 5.74) is 0.514. The summed E-state index contributed by atoms with van der Waals surface area (Å²) in [7, 11) is 0. The molecule has 0 spiro atoms. The van der Waals surface area contributed by atoms with Crippen molar-refractivity contribution in [3.05, 3.63) is 30.3 Å². The summed E-state index contributed by atoms with van der Waals surface area (Å²) in [6.45, 7) is 0. The van der Waals surface area contributed by atoms with Gasteiger partial charge in [-0.15, -0.1) is 0 Å². The molecule has 2 rings (SSSR count). The lowest BCUT2D eigenvalue weighted by Gasteiger charge is -2.12. The number of nitrogens with one attached hydrogen (secondary N) is 1. The van der Waals surface area contributed by atoms with E-state index >= 15 is 0 Å². The van der Waals surface area contributed by atoms with Crippen molar-refractivity contribution < 1.29 is 14.4 Å². The highest BCUT2D eigenvalue weighted by Crippen LogP contribution is 2.29. The molecule has 5 nitrogen and oxygen atoms in total. The monoisotopic (exact) mass is 236 g/mol. The molecule has 1 heterocycles. The summed E-state index contributed by atoms with van der Waals surface area (Å²) >= 11 is 0.796. The van der Waals surface area contributed by atoms with Gasteiger partial charge in [0.05, 0.1) is 5.69 Å². The number of para-hydroxylation sites is 1. The summed E-state index contributed by atoms with van der Waals surface area (Å²) in [5, 5.41) is 1.10. The molecule has 0 aromatic heterocycles. The number of hydrogen-bond donors (Lipinski definition) is 1. The smallest absolute Gasteiger partial charge is 0.295 e. The van der Waals surface area contributed by atoms with Gasteiger partial charge in [-0.2, -0.15) is 0 Å². The van der Waals surface area contributed by atoms with Gasteiger partial charge in [0.1, 0.15) is 0 Å². The highest BCUT2D eigenvalue weighted by molar-refractivity contribution is 8.15. The van der Waals surface area contributed by atoms with Gasteiger partial charge < -0.3 is 5.32 Å². The summed E-state index contributed by atoms with van der Waals surface area (Å²) in [6, 6.07) is 8.60. The number of carbonyl (C=O) groups is 3. The van der Waals surface area contributed by atoms with Crippen LogP contribution in [0.2, 0.25) is 0 Å². The fourth-order valence-electron chi connectivity index (χ4n) is 1.39. The summed E-state index contributed by atoms with van der Waals surface area (Å²) in [4.78, 5) is 34.7.